The van der Waals surface area contributed by atoms with Crippen LogP contribution in [0.15, 0.2) is 0 Å². The van der Waals surface area contributed by atoms with Crippen molar-refractivity contribution < 1.29 is 12.7 Å². The van der Waals surface area contributed by atoms with Crippen LogP contribution in [0.1, 0.15) is 6.92 Å². The first-order valence-electron chi connectivity index (χ1n) is 5.93. The molecule has 0 saturated heterocycles. The number of hydrogen-bond acceptors (Lipinski definition) is 3. The van der Waals surface area contributed by atoms with E-state index >= 15 is 0 Å². The molecule has 0 heterocycles. The molecule has 0 aromatic carbocycles. The molecule has 1 unspecified atom stereocenters. The summed E-state index contributed by atoms with van der Waals surface area (Å²) in [6, 6.07) is 0.801. The highest BCUT2D eigenvalue weighted by molar-refractivity contribution is 6.85. The molecule has 0 aliphatic rings. The van der Waals surface area contributed by atoms with Gasteiger partial charge in [-0.1, -0.05) is 6.92 Å². The molecule has 0 radical (unpaired) electrons. The van der Waals surface area contributed by atoms with Gasteiger partial charge in [0.2, 0.25) is 0 Å². The van der Waals surface area contributed by atoms with Gasteiger partial charge in [0.15, 0.2) is 16.6 Å². The second-order valence-electron chi connectivity index (χ2n) is 5.74. The SMILES string of the molecule is CC[Si](=O)C[Si](C)(C)O[SiH](C)O[Si](C)(C)C. The lowest BCUT2D eigenvalue weighted by Gasteiger charge is -2.30. The summed E-state index contributed by atoms with van der Waals surface area (Å²) in [5.74, 6) is 0. The predicted molar refractivity (Wildman–Crippen MR) is 77.7 cm³/mol. The van der Waals surface area contributed by atoms with Crippen LogP contribution >= 0.6 is 0 Å². The van der Waals surface area contributed by atoms with Crippen molar-refractivity contribution in [3.63, 3.8) is 0 Å². The van der Waals surface area contributed by atoms with Crippen molar-refractivity contribution in [2.24, 2.45) is 0 Å². The zero-order valence-electron chi connectivity index (χ0n) is 11.7. The molecule has 3 nitrogen and oxygen atoms in total. The number of hydrogen-bond donors (Lipinski definition) is 0. The lowest BCUT2D eigenvalue weighted by molar-refractivity contribution is 0.426. The molecule has 16 heavy (non-hydrogen) atoms. The molecule has 0 saturated carbocycles. The van der Waals surface area contributed by atoms with Crippen LogP contribution in [0.5, 0.6) is 0 Å². The molecule has 0 aliphatic heterocycles. The van der Waals surface area contributed by atoms with E-state index in [0.29, 0.717) is 0 Å². The van der Waals surface area contributed by atoms with Crippen LogP contribution in [-0.2, 0) is 12.7 Å². The zero-order chi connectivity index (χ0) is 13.0. The Hall–Kier alpha value is 0.588. The van der Waals surface area contributed by atoms with Gasteiger partial charge in [0.1, 0.15) is 0 Å². The van der Waals surface area contributed by atoms with Crippen LogP contribution in [0.4, 0.5) is 0 Å². The molecule has 7 heteroatoms. The Labute approximate surface area is 105 Å². The van der Waals surface area contributed by atoms with Gasteiger partial charge in [-0.3, -0.25) is 0 Å². The maximum absolute atomic E-state index is 11.6. The molecule has 0 aromatic rings. The molecule has 0 fully saturated rings. The molecule has 0 spiro atoms. The van der Waals surface area contributed by atoms with Gasteiger partial charge in [-0.15, -0.1) is 0 Å². The van der Waals surface area contributed by atoms with Crippen molar-refractivity contribution in [2.75, 3.05) is 0 Å². The first kappa shape index (κ1) is 16.6. The van der Waals surface area contributed by atoms with E-state index in [-0.39, 0.29) is 0 Å². The lowest BCUT2D eigenvalue weighted by Crippen LogP contribution is -2.44. The quantitative estimate of drug-likeness (QED) is 0.677. The molecular formula is C9H26O3Si4. The molecule has 0 aromatic heterocycles. The Morgan fingerprint density at radius 1 is 1.12 bits per heavy atom. The van der Waals surface area contributed by atoms with Gasteiger partial charge < -0.3 is 12.7 Å². The van der Waals surface area contributed by atoms with E-state index in [9.17, 15) is 4.46 Å². The van der Waals surface area contributed by atoms with Gasteiger partial charge in [0.25, 0.3) is 18.0 Å². The van der Waals surface area contributed by atoms with Crippen molar-refractivity contribution >= 4 is 34.6 Å². The molecular weight excluding hydrogens is 268 g/mol. The second kappa shape index (κ2) is 6.50. The Kier molecular flexibility index (Phi) is 6.74. The summed E-state index contributed by atoms with van der Waals surface area (Å²) in [7, 11) is -6.17. The lowest BCUT2D eigenvalue weighted by atomic mass is 11.0. The van der Waals surface area contributed by atoms with E-state index in [1.165, 1.54) is 0 Å². The molecule has 96 valence electrons. The smallest absolute Gasteiger partial charge is 0.297 e. The third-order valence-electron chi connectivity index (χ3n) is 2.02. The minimum absolute atomic E-state index is 0.801. The summed E-state index contributed by atoms with van der Waals surface area (Å²) in [6.45, 7) is 14.9. The highest BCUT2D eigenvalue weighted by Gasteiger charge is 2.31. The Balaban J connectivity index is 4.20. The third-order valence-corrected chi connectivity index (χ3v) is 15.8. The zero-order valence-corrected chi connectivity index (χ0v) is 15.9. The maximum atomic E-state index is 11.6. The average Bonchev–Trinajstić information content (AvgIpc) is 1.97. The Morgan fingerprint density at radius 3 is 2.00 bits per heavy atom. The summed E-state index contributed by atoms with van der Waals surface area (Å²) in [5, 5.41) is 0. The molecule has 0 bridgehead atoms. The summed E-state index contributed by atoms with van der Waals surface area (Å²) >= 11 is 0. The van der Waals surface area contributed by atoms with Crippen LogP contribution in [0.2, 0.25) is 51.0 Å². The van der Waals surface area contributed by atoms with E-state index in [1.807, 2.05) is 6.92 Å². The van der Waals surface area contributed by atoms with Crippen molar-refractivity contribution in [3.05, 3.63) is 0 Å². The normalized spacial score (nSPS) is 14.9. The van der Waals surface area contributed by atoms with E-state index in [4.69, 9.17) is 8.23 Å². The van der Waals surface area contributed by atoms with E-state index < -0.39 is 34.6 Å². The fraction of sp³-hybridized carbons (Fsp3) is 1.00. The Bertz CT molecular complexity index is 237. The molecule has 1 atom stereocenters. The summed E-state index contributed by atoms with van der Waals surface area (Å²) in [5.41, 5.74) is 0.806. The minimum Gasteiger partial charge on any atom is -0.439 e. The van der Waals surface area contributed by atoms with Gasteiger partial charge in [0.05, 0.1) is 0 Å². The molecule has 0 aliphatic carbocycles. The molecule has 0 amide bonds. The first-order chi connectivity index (χ1) is 7.06. The van der Waals surface area contributed by atoms with Crippen LogP contribution in [0.3, 0.4) is 0 Å². The second-order valence-corrected chi connectivity index (χ2v) is 19.7. The monoisotopic (exact) mass is 294 g/mol. The summed E-state index contributed by atoms with van der Waals surface area (Å²) in [4.78, 5) is 0. The van der Waals surface area contributed by atoms with Crippen molar-refractivity contribution in [3.8, 4) is 0 Å². The van der Waals surface area contributed by atoms with Gasteiger partial charge >= 0.3 is 0 Å². The van der Waals surface area contributed by atoms with E-state index in [1.54, 1.807) is 0 Å². The fourth-order valence-electron chi connectivity index (χ4n) is 1.61. The van der Waals surface area contributed by atoms with Crippen LogP contribution in [-0.4, -0.2) is 34.6 Å². The fourth-order valence-corrected chi connectivity index (χ4v) is 15.7. The summed E-state index contributed by atoms with van der Waals surface area (Å²) in [6.07, 6.45) is 0. The summed E-state index contributed by atoms with van der Waals surface area (Å²) < 4.78 is 23.7. The highest BCUT2D eigenvalue weighted by atomic mass is 28.5. The van der Waals surface area contributed by atoms with Gasteiger partial charge in [-0.05, 0) is 45.3 Å². The standard InChI is InChI=1S/C9H26O3Si4/c1-8-14(10)9-16(6,7)12-13(2)11-15(3,4)5/h13H,8-9H2,1-7H3. The Morgan fingerprint density at radius 2 is 1.62 bits per heavy atom. The van der Waals surface area contributed by atoms with Gasteiger partial charge in [-0.25, -0.2) is 0 Å². The third kappa shape index (κ3) is 8.71. The van der Waals surface area contributed by atoms with Crippen molar-refractivity contribution in [1.82, 2.24) is 0 Å². The maximum Gasteiger partial charge on any atom is 0.297 e. The van der Waals surface area contributed by atoms with Gasteiger partial charge in [0, 0.05) is 5.67 Å². The largest absolute Gasteiger partial charge is 0.439 e. The molecule has 0 N–H and O–H groups in total. The van der Waals surface area contributed by atoms with Crippen molar-refractivity contribution in [1.29, 1.82) is 0 Å². The topological polar surface area (TPSA) is 35.5 Å². The van der Waals surface area contributed by atoms with Crippen molar-refractivity contribution in [2.45, 2.75) is 57.9 Å². The minimum atomic E-state index is -1.76. The van der Waals surface area contributed by atoms with Crippen LogP contribution < -0.4 is 0 Å². The predicted octanol–water partition coefficient (Wildman–Crippen LogP) is 2.89. The van der Waals surface area contributed by atoms with Crippen LogP contribution in [0, 0.1) is 0 Å². The van der Waals surface area contributed by atoms with E-state index in [2.05, 4.69) is 39.3 Å². The number of rotatable bonds is 7. The first-order valence-corrected chi connectivity index (χ1v) is 16.4. The van der Waals surface area contributed by atoms with Crippen LogP contribution in [0.25, 0.3) is 0 Å². The van der Waals surface area contributed by atoms with E-state index in [0.717, 1.165) is 11.7 Å². The molecule has 0 rings (SSSR count). The van der Waals surface area contributed by atoms with Gasteiger partial charge in [-0.2, -0.15) is 0 Å². The average molecular weight is 295 g/mol. The highest BCUT2D eigenvalue weighted by Crippen LogP contribution is 2.16.